The molecule has 144 valence electrons. The first-order valence-electron chi connectivity index (χ1n) is 9.22. The third kappa shape index (κ3) is 4.42. The quantitative estimate of drug-likeness (QED) is 0.377. The highest BCUT2D eigenvalue weighted by molar-refractivity contribution is 8.27. The molecule has 0 N–H and O–H groups in total. The van der Waals surface area contributed by atoms with Gasteiger partial charge in [-0.05, 0) is 36.8 Å². The number of nitrogens with zero attached hydrogens (tertiary/aromatic N) is 1. The van der Waals surface area contributed by atoms with Gasteiger partial charge in [-0.3, -0.25) is 9.69 Å². The van der Waals surface area contributed by atoms with Gasteiger partial charge in [0.2, 0.25) is 0 Å². The molecule has 1 aliphatic heterocycles. The lowest BCUT2D eigenvalue weighted by Gasteiger charge is -2.14. The Morgan fingerprint density at radius 1 is 0.966 bits per heavy atom. The Labute approximate surface area is 180 Å². The van der Waals surface area contributed by atoms with Gasteiger partial charge in [0, 0.05) is 5.56 Å². The molecule has 0 bridgehead atoms. The number of carbonyl (C=O) groups excluding carboxylic acids is 1. The summed E-state index contributed by atoms with van der Waals surface area (Å²) in [7, 11) is 0. The lowest BCUT2D eigenvalue weighted by Crippen LogP contribution is -2.27. The van der Waals surface area contributed by atoms with E-state index in [0.717, 1.165) is 22.6 Å². The molecular formula is C24H19NO2S2. The monoisotopic (exact) mass is 417 g/mol. The Morgan fingerprint density at radius 3 is 2.41 bits per heavy atom. The van der Waals surface area contributed by atoms with Crippen LogP contribution in [0.4, 0.5) is 5.69 Å². The molecule has 29 heavy (non-hydrogen) atoms. The molecule has 3 aromatic rings. The first kappa shape index (κ1) is 19.4. The first-order valence-corrected chi connectivity index (χ1v) is 10.4. The Balaban J connectivity index is 1.56. The van der Waals surface area contributed by atoms with Crippen molar-refractivity contribution in [1.82, 2.24) is 0 Å². The van der Waals surface area contributed by atoms with Gasteiger partial charge in [-0.1, -0.05) is 90.2 Å². The standard InChI is InChI=1S/C24H19NO2S2/c1-17-11-13-18(14-12-17)16-27-21-10-6-5-7-19(21)15-22-23(26)25(24(28)29-22)20-8-3-2-4-9-20/h2-15H,16H2,1H3/b22-15+. The number of thioether (sulfide) groups is 1. The molecule has 4 rings (SSSR count). The summed E-state index contributed by atoms with van der Waals surface area (Å²) >= 11 is 6.76. The van der Waals surface area contributed by atoms with Crippen molar-refractivity contribution in [3.8, 4) is 5.75 Å². The fourth-order valence-corrected chi connectivity index (χ4v) is 4.28. The van der Waals surface area contributed by atoms with E-state index in [-0.39, 0.29) is 5.91 Å². The number of hydrogen-bond acceptors (Lipinski definition) is 4. The summed E-state index contributed by atoms with van der Waals surface area (Å²) in [5.41, 5.74) is 3.95. The number of anilines is 1. The summed E-state index contributed by atoms with van der Waals surface area (Å²) in [5, 5.41) is 0. The van der Waals surface area contributed by atoms with Crippen molar-refractivity contribution in [3.63, 3.8) is 0 Å². The molecule has 0 aliphatic carbocycles. The number of aryl methyl sites for hydroxylation is 1. The van der Waals surface area contributed by atoms with E-state index < -0.39 is 0 Å². The predicted molar refractivity (Wildman–Crippen MR) is 124 cm³/mol. The van der Waals surface area contributed by atoms with Gasteiger partial charge in [-0.15, -0.1) is 0 Å². The number of amides is 1. The highest BCUT2D eigenvalue weighted by Crippen LogP contribution is 2.37. The Hall–Kier alpha value is -2.89. The average Bonchev–Trinajstić information content (AvgIpc) is 3.02. The third-order valence-corrected chi connectivity index (χ3v) is 5.83. The first-order chi connectivity index (χ1) is 14.1. The molecule has 0 radical (unpaired) electrons. The second kappa shape index (κ2) is 8.64. The highest BCUT2D eigenvalue weighted by atomic mass is 32.2. The molecule has 3 nitrogen and oxygen atoms in total. The van der Waals surface area contributed by atoms with Crippen LogP contribution in [0.5, 0.6) is 5.75 Å². The molecule has 0 saturated carbocycles. The smallest absolute Gasteiger partial charge is 0.270 e. The number of para-hydroxylation sites is 2. The van der Waals surface area contributed by atoms with Crippen molar-refractivity contribution in [2.24, 2.45) is 0 Å². The number of thiocarbonyl (C=S) groups is 1. The number of ether oxygens (including phenoxy) is 1. The van der Waals surface area contributed by atoms with E-state index in [1.165, 1.54) is 17.3 Å². The van der Waals surface area contributed by atoms with E-state index in [4.69, 9.17) is 17.0 Å². The molecule has 0 aromatic heterocycles. The van der Waals surface area contributed by atoms with Crippen LogP contribution >= 0.6 is 24.0 Å². The van der Waals surface area contributed by atoms with E-state index >= 15 is 0 Å². The van der Waals surface area contributed by atoms with Gasteiger partial charge in [-0.25, -0.2) is 0 Å². The maximum absolute atomic E-state index is 13.0. The van der Waals surface area contributed by atoms with Crippen molar-refractivity contribution >= 4 is 46.0 Å². The molecule has 0 atom stereocenters. The molecular weight excluding hydrogens is 398 g/mol. The number of hydrogen-bond donors (Lipinski definition) is 0. The van der Waals surface area contributed by atoms with E-state index in [2.05, 4.69) is 31.2 Å². The normalized spacial score (nSPS) is 15.2. The Morgan fingerprint density at radius 2 is 1.66 bits per heavy atom. The molecule has 1 aliphatic rings. The van der Waals surface area contributed by atoms with Crippen LogP contribution < -0.4 is 9.64 Å². The van der Waals surface area contributed by atoms with Crippen LogP contribution in [0, 0.1) is 6.92 Å². The molecule has 3 aromatic carbocycles. The molecule has 1 amide bonds. The van der Waals surface area contributed by atoms with Gasteiger partial charge >= 0.3 is 0 Å². The zero-order chi connectivity index (χ0) is 20.2. The number of benzene rings is 3. The fraction of sp³-hybridized carbons (Fsp3) is 0.0833. The van der Waals surface area contributed by atoms with Crippen molar-refractivity contribution < 1.29 is 9.53 Å². The zero-order valence-electron chi connectivity index (χ0n) is 15.9. The molecule has 5 heteroatoms. The van der Waals surface area contributed by atoms with Crippen LogP contribution in [0.1, 0.15) is 16.7 Å². The van der Waals surface area contributed by atoms with E-state index in [9.17, 15) is 4.79 Å². The van der Waals surface area contributed by atoms with E-state index in [1.807, 2.05) is 60.7 Å². The third-order valence-electron chi connectivity index (χ3n) is 4.53. The predicted octanol–water partition coefficient (Wildman–Crippen LogP) is 5.98. The van der Waals surface area contributed by atoms with Gasteiger partial charge in [0.25, 0.3) is 5.91 Å². The van der Waals surface area contributed by atoms with E-state index in [0.29, 0.717) is 15.8 Å². The minimum atomic E-state index is -0.112. The Kier molecular flexibility index (Phi) is 5.79. The summed E-state index contributed by atoms with van der Waals surface area (Å²) in [4.78, 5) is 15.1. The van der Waals surface area contributed by atoms with E-state index in [1.54, 1.807) is 4.90 Å². The van der Waals surface area contributed by atoms with Gasteiger partial charge < -0.3 is 4.74 Å². The summed E-state index contributed by atoms with van der Waals surface area (Å²) in [5.74, 6) is 0.623. The van der Waals surface area contributed by atoms with Gasteiger partial charge in [0.15, 0.2) is 4.32 Å². The Bertz CT molecular complexity index is 1080. The van der Waals surface area contributed by atoms with Crippen molar-refractivity contribution in [1.29, 1.82) is 0 Å². The highest BCUT2D eigenvalue weighted by Gasteiger charge is 2.33. The fourth-order valence-electron chi connectivity index (χ4n) is 2.99. The second-order valence-electron chi connectivity index (χ2n) is 6.66. The topological polar surface area (TPSA) is 29.5 Å². The van der Waals surface area contributed by atoms with Gasteiger partial charge in [0.1, 0.15) is 12.4 Å². The van der Waals surface area contributed by atoms with Crippen LogP contribution in [0.3, 0.4) is 0 Å². The number of carbonyl (C=O) groups is 1. The SMILES string of the molecule is Cc1ccc(COc2ccccc2/C=C2/SC(=S)N(c3ccccc3)C2=O)cc1. The molecule has 0 unspecified atom stereocenters. The van der Waals surface area contributed by atoms with Crippen LogP contribution in [-0.2, 0) is 11.4 Å². The van der Waals surface area contributed by atoms with Gasteiger partial charge in [0.05, 0.1) is 10.6 Å². The van der Waals surface area contributed by atoms with Crippen molar-refractivity contribution in [3.05, 3.63) is 100 Å². The second-order valence-corrected chi connectivity index (χ2v) is 8.34. The maximum Gasteiger partial charge on any atom is 0.270 e. The van der Waals surface area contributed by atoms with Gasteiger partial charge in [-0.2, -0.15) is 0 Å². The molecule has 0 spiro atoms. The summed E-state index contributed by atoms with van der Waals surface area (Å²) < 4.78 is 6.57. The van der Waals surface area contributed by atoms with Crippen LogP contribution in [0.2, 0.25) is 0 Å². The van der Waals surface area contributed by atoms with Crippen LogP contribution in [-0.4, -0.2) is 10.2 Å². The van der Waals surface area contributed by atoms with Crippen LogP contribution in [0.25, 0.3) is 6.08 Å². The number of rotatable bonds is 5. The summed E-state index contributed by atoms with van der Waals surface area (Å²) in [6.07, 6.45) is 1.85. The minimum Gasteiger partial charge on any atom is -0.488 e. The lowest BCUT2D eigenvalue weighted by molar-refractivity contribution is -0.113. The summed E-state index contributed by atoms with van der Waals surface area (Å²) in [6, 6.07) is 25.4. The minimum absolute atomic E-state index is 0.112. The zero-order valence-corrected chi connectivity index (χ0v) is 17.5. The molecule has 1 saturated heterocycles. The van der Waals surface area contributed by atoms with Crippen LogP contribution in [0.15, 0.2) is 83.8 Å². The molecule has 1 heterocycles. The molecule has 1 fully saturated rings. The largest absolute Gasteiger partial charge is 0.488 e. The average molecular weight is 418 g/mol. The maximum atomic E-state index is 13.0. The van der Waals surface area contributed by atoms with Crippen molar-refractivity contribution in [2.45, 2.75) is 13.5 Å². The lowest BCUT2D eigenvalue weighted by atomic mass is 10.1. The van der Waals surface area contributed by atoms with Crippen molar-refractivity contribution in [2.75, 3.05) is 4.90 Å². The summed E-state index contributed by atoms with van der Waals surface area (Å²) in [6.45, 7) is 2.53.